The Kier molecular flexibility index (Phi) is 7.43. The summed E-state index contributed by atoms with van der Waals surface area (Å²) in [5.41, 5.74) is -1.05. The number of halogens is 5. The van der Waals surface area contributed by atoms with Crippen molar-refractivity contribution in [3.05, 3.63) is 58.2 Å². The minimum absolute atomic E-state index is 0.00419. The molecule has 2 N–H and O–H groups in total. The summed E-state index contributed by atoms with van der Waals surface area (Å²) in [5.74, 6) is -6.59. The molecule has 2 unspecified atom stereocenters. The molecule has 10 heteroatoms. The fourth-order valence-corrected chi connectivity index (χ4v) is 8.05. The number of allylic oxidation sites excluding steroid dienone is 4. The van der Waals surface area contributed by atoms with Crippen LogP contribution in [0.25, 0.3) is 0 Å². The van der Waals surface area contributed by atoms with E-state index in [4.69, 9.17) is 4.74 Å². The predicted molar refractivity (Wildman–Crippen MR) is 146 cm³/mol. The molecule has 0 heterocycles. The van der Waals surface area contributed by atoms with Crippen molar-refractivity contribution >= 4 is 11.9 Å². The second-order valence-electron chi connectivity index (χ2n) is 13.7. The van der Waals surface area contributed by atoms with Crippen molar-refractivity contribution in [3.63, 3.8) is 0 Å². The Morgan fingerprint density at radius 3 is 2.33 bits per heavy atom. The third kappa shape index (κ3) is 4.97. The van der Waals surface area contributed by atoms with Gasteiger partial charge in [0.25, 0.3) is 0 Å². The lowest BCUT2D eigenvalue weighted by Gasteiger charge is -2.56. The van der Waals surface area contributed by atoms with Gasteiger partial charge in [-0.3, -0.25) is 4.79 Å². The highest BCUT2D eigenvalue weighted by molar-refractivity contribution is 5.93. The lowest BCUT2D eigenvalue weighted by Crippen LogP contribution is -2.65. The summed E-state index contributed by atoms with van der Waals surface area (Å²) in [6.07, 6.45) is -3.56. The van der Waals surface area contributed by atoms with Gasteiger partial charge in [-0.1, -0.05) is 36.8 Å². The summed E-state index contributed by atoms with van der Waals surface area (Å²) in [7, 11) is 0. The van der Waals surface area contributed by atoms with Crippen LogP contribution in [0.3, 0.4) is 0 Å². The molecule has 2 saturated carbocycles. The molecule has 1 aromatic carbocycles. The molecule has 1 amide bonds. The van der Waals surface area contributed by atoms with Gasteiger partial charge in [0, 0.05) is 23.3 Å². The number of fused-ring (bicyclic) bond motifs is 4. The highest BCUT2D eigenvalue weighted by Crippen LogP contribution is 2.70. The highest BCUT2D eigenvalue weighted by atomic mass is 19.4. The van der Waals surface area contributed by atoms with E-state index in [1.165, 1.54) is 6.92 Å². The monoisotopic (exact) mass is 595 g/mol. The highest BCUT2D eigenvalue weighted by Gasteiger charge is 2.79. The van der Waals surface area contributed by atoms with Crippen molar-refractivity contribution < 1.29 is 41.4 Å². The first-order valence-corrected chi connectivity index (χ1v) is 14.6. The number of benzene rings is 1. The summed E-state index contributed by atoms with van der Waals surface area (Å²) in [6.45, 7) is 6.88. The fraction of sp³-hybridized carbons (Fsp3) is 0.625. The molecular formula is C32H38F5NO4. The fourth-order valence-electron chi connectivity index (χ4n) is 8.05. The zero-order chi connectivity index (χ0) is 30.9. The van der Waals surface area contributed by atoms with E-state index in [2.05, 4.69) is 5.32 Å². The van der Waals surface area contributed by atoms with E-state index in [-0.39, 0.29) is 31.1 Å². The number of carbonyl (C=O) groups is 2. The van der Waals surface area contributed by atoms with Crippen LogP contribution in [-0.4, -0.2) is 40.2 Å². The van der Waals surface area contributed by atoms with E-state index < -0.39 is 53.0 Å². The van der Waals surface area contributed by atoms with Gasteiger partial charge in [0.2, 0.25) is 0 Å². The van der Waals surface area contributed by atoms with Crippen molar-refractivity contribution in [3.8, 4) is 0 Å². The molecule has 230 valence electrons. The third-order valence-corrected chi connectivity index (χ3v) is 9.99. The predicted octanol–water partition coefficient (Wildman–Crippen LogP) is 7.54. The maximum atomic E-state index is 15.1. The molecule has 0 saturated heterocycles. The molecule has 5 rings (SSSR count). The second kappa shape index (κ2) is 10.2. The van der Waals surface area contributed by atoms with E-state index in [0.29, 0.717) is 31.2 Å². The lowest BCUT2D eigenvalue weighted by atomic mass is 9.50. The van der Waals surface area contributed by atoms with Gasteiger partial charge in [0.1, 0.15) is 12.2 Å². The van der Waals surface area contributed by atoms with Crippen molar-refractivity contribution in [2.45, 2.75) is 108 Å². The van der Waals surface area contributed by atoms with Crippen molar-refractivity contribution in [2.75, 3.05) is 0 Å². The van der Waals surface area contributed by atoms with E-state index in [1.807, 2.05) is 20.8 Å². The number of ether oxygens (including phenoxy) is 1. The average molecular weight is 596 g/mol. The van der Waals surface area contributed by atoms with Crippen LogP contribution in [0.15, 0.2) is 47.1 Å². The van der Waals surface area contributed by atoms with Gasteiger partial charge in [-0.2, -0.15) is 22.0 Å². The molecule has 5 nitrogen and oxygen atoms in total. The van der Waals surface area contributed by atoms with Crippen LogP contribution in [-0.2, 0) is 16.1 Å². The van der Waals surface area contributed by atoms with Gasteiger partial charge < -0.3 is 15.2 Å². The summed E-state index contributed by atoms with van der Waals surface area (Å²) < 4.78 is 76.8. The number of hydrogen-bond donors (Lipinski definition) is 2. The van der Waals surface area contributed by atoms with Crippen LogP contribution in [0.5, 0.6) is 0 Å². The minimum Gasteiger partial charge on any atom is -0.445 e. The van der Waals surface area contributed by atoms with Crippen LogP contribution in [0, 0.1) is 17.3 Å². The molecule has 5 atom stereocenters. The Bertz CT molecular complexity index is 1330. The van der Waals surface area contributed by atoms with Gasteiger partial charge in [-0.05, 0) is 99.5 Å². The van der Waals surface area contributed by atoms with Crippen molar-refractivity contribution in [2.24, 2.45) is 17.3 Å². The molecule has 0 aromatic heterocycles. The van der Waals surface area contributed by atoms with Gasteiger partial charge in [-0.15, -0.1) is 0 Å². The Balaban J connectivity index is 1.53. The molecule has 42 heavy (non-hydrogen) atoms. The van der Waals surface area contributed by atoms with Crippen LogP contribution in [0.4, 0.5) is 26.7 Å². The quantitative estimate of drug-likeness (QED) is 0.353. The standard InChI is InChI=1S/C32H38F5NO4/c1-28(2,3)38-27(40)42-17-18-5-7-19(8-6-18)24-16-29(4)25(13-14-30(29,41)31(33,34)32(35,36)37)23-11-9-20-15-21(39)10-12-22(20)26(23)24/h5-8,15,23-25,41H,9-14,16-17H2,1-4H3,(H,38,40)/t23?,24-,25?,29+,30+/m1/s1. The van der Waals surface area contributed by atoms with E-state index >= 15 is 8.78 Å². The van der Waals surface area contributed by atoms with Gasteiger partial charge >= 0.3 is 18.2 Å². The SMILES string of the molecule is CC(C)(C)NC(=O)OCc1ccc([C@H]2C[C@@]3(C)C(CC[C@@]3(O)C(F)(F)C(F)(F)F)C3CCC4=CC(=O)CCC4=C32)cc1. The molecule has 0 bridgehead atoms. The molecule has 1 aromatic rings. The molecule has 0 radical (unpaired) electrons. The van der Waals surface area contributed by atoms with Crippen molar-refractivity contribution in [1.82, 2.24) is 5.32 Å². The number of amides is 1. The average Bonchev–Trinajstić information content (AvgIpc) is 3.17. The maximum Gasteiger partial charge on any atom is 0.456 e. The van der Waals surface area contributed by atoms with Crippen molar-refractivity contribution in [1.29, 1.82) is 0 Å². The number of alkyl carbamates (subject to hydrolysis) is 1. The van der Waals surface area contributed by atoms with Gasteiger partial charge in [-0.25, -0.2) is 4.79 Å². The summed E-state index contributed by atoms with van der Waals surface area (Å²) in [6, 6.07) is 7.09. The minimum atomic E-state index is -5.89. The maximum absolute atomic E-state index is 15.1. The lowest BCUT2D eigenvalue weighted by molar-refractivity contribution is -0.362. The van der Waals surface area contributed by atoms with Gasteiger partial charge in [0.05, 0.1) is 0 Å². The molecule has 4 aliphatic rings. The second-order valence-corrected chi connectivity index (χ2v) is 13.7. The number of rotatable bonds is 4. The number of aliphatic hydroxyl groups is 1. The molecule has 0 spiro atoms. The molecule has 2 fully saturated rings. The molecule has 0 aliphatic heterocycles. The van der Waals surface area contributed by atoms with Crippen LogP contribution < -0.4 is 5.32 Å². The zero-order valence-corrected chi connectivity index (χ0v) is 24.3. The summed E-state index contributed by atoms with van der Waals surface area (Å²) in [5, 5.41) is 14.1. The van der Waals surface area contributed by atoms with Crippen LogP contribution in [0.2, 0.25) is 0 Å². The Labute approximate surface area is 242 Å². The number of nitrogens with one attached hydrogen (secondary N) is 1. The Morgan fingerprint density at radius 1 is 1.05 bits per heavy atom. The van der Waals surface area contributed by atoms with Gasteiger partial charge in [0.15, 0.2) is 5.78 Å². The summed E-state index contributed by atoms with van der Waals surface area (Å²) >= 11 is 0. The number of carbonyl (C=O) groups excluding carboxylic acids is 2. The topological polar surface area (TPSA) is 75.6 Å². The van der Waals surface area contributed by atoms with Crippen LogP contribution >= 0.6 is 0 Å². The zero-order valence-electron chi connectivity index (χ0n) is 24.3. The first-order valence-electron chi connectivity index (χ1n) is 14.6. The van der Waals surface area contributed by atoms with E-state index in [0.717, 1.165) is 22.3 Å². The van der Waals surface area contributed by atoms with Crippen LogP contribution in [0.1, 0.15) is 89.7 Å². The number of alkyl halides is 5. The Hall–Kier alpha value is -2.75. The smallest absolute Gasteiger partial charge is 0.445 e. The van der Waals surface area contributed by atoms with E-state index in [1.54, 1.807) is 30.3 Å². The first kappa shape index (κ1) is 30.7. The normalized spacial score (nSPS) is 31.6. The first-order chi connectivity index (χ1) is 19.4. The number of hydrogen-bond acceptors (Lipinski definition) is 4. The van der Waals surface area contributed by atoms with E-state index in [9.17, 15) is 27.9 Å². The number of ketones is 1. The summed E-state index contributed by atoms with van der Waals surface area (Å²) in [4.78, 5) is 24.3. The third-order valence-electron chi connectivity index (χ3n) is 9.99. The largest absolute Gasteiger partial charge is 0.456 e. The molecule has 4 aliphatic carbocycles. The Morgan fingerprint density at radius 2 is 1.71 bits per heavy atom. The molecular weight excluding hydrogens is 557 g/mol.